The number of carboxylic acid groups (broad SMARTS) is 1. The normalized spacial score (nSPS) is 37.4. The van der Waals surface area contributed by atoms with Gasteiger partial charge in [0, 0.05) is 25.6 Å². The van der Waals surface area contributed by atoms with Gasteiger partial charge in [0.15, 0.2) is 0 Å². The average Bonchev–Trinajstić information content (AvgIpc) is 2.89. The molecule has 1 amide bonds. The van der Waals surface area contributed by atoms with Crippen molar-refractivity contribution in [2.45, 2.75) is 51.7 Å². The summed E-state index contributed by atoms with van der Waals surface area (Å²) < 4.78 is 5.29. The Bertz CT molecular complexity index is 384. The number of ether oxygens (including phenoxy) is 1. The standard InChI is InChI=1S/C14H23NO4/c1-4-14(2)7-11(14)13(18)15-8-10(19-3)5-9(15)6-12(16)17/h9-11H,4-8H2,1-3H3,(H,16,17)/t9-,10-,11-,14-/m1/s1. The highest BCUT2D eigenvalue weighted by atomic mass is 16.5. The summed E-state index contributed by atoms with van der Waals surface area (Å²) in [4.78, 5) is 25.2. The van der Waals surface area contributed by atoms with Crippen LogP contribution in [0.4, 0.5) is 0 Å². The van der Waals surface area contributed by atoms with Gasteiger partial charge in [-0.1, -0.05) is 13.8 Å². The third kappa shape index (κ3) is 2.76. The maximum absolute atomic E-state index is 12.5. The Morgan fingerprint density at radius 1 is 1.47 bits per heavy atom. The van der Waals surface area contributed by atoms with Crippen molar-refractivity contribution in [2.75, 3.05) is 13.7 Å². The zero-order chi connectivity index (χ0) is 14.2. The van der Waals surface area contributed by atoms with E-state index in [9.17, 15) is 9.59 Å². The first-order valence-electron chi connectivity index (χ1n) is 6.96. The molecule has 0 bridgehead atoms. The Morgan fingerprint density at radius 2 is 2.16 bits per heavy atom. The molecule has 1 aliphatic carbocycles. The smallest absolute Gasteiger partial charge is 0.305 e. The van der Waals surface area contributed by atoms with E-state index >= 15 is 0 Å². The van der Waals surface area contributed by atoms with E-state index in [0.717, 1.165) is 12.8 Å². The largest absolute Gasteiger partial charge is 0.481 e. The molecule has 5 nitrogen and oxygen atoms in total. The van der Waals surface area contributed by atoms with Crippen molar-refractivity contribution < 1.29 is 19.4 Å². The predicted octanol–water partition coefficient (Wildman–Crippen LogP) is 1.51. The molecule has 1 heterocycles. The number of nitrogens with zero attached hydrogens (tertiary/aromatic N) is 1. The molecule has 19 heavy (non-hydrogen) atoms. The Kier molecular flexibility index (Phi) is 3.85. The molecular weight excluding hydrogens is 246 g/mol. The molecule has 0 radical (unpaired) electrons. The second kappa shape index (κ2) is 5.12. The van der Waals surface area contributed by atoms with Gasteiger partial charge in [0.25, 0.3) is 0 Å². The average molecular weight is 269 g/mol. The van der Waals surface area contributed by atoms with Gasteiger partial charge in [-0.2, -0.15) is 0 Å². The Labute approximate surface area is 113 Å². The quantitative estimate of drug-likeness (QED) is 0.821. The zero-order valence-electron chi connectivity index (χ0n) is 11.9. The van der Waals surface area contributed by atoms with Crippen LogP contribution in [0.3, 0.4) is 0 Å². The number of carboxylic acids is 1. The van der Waals surface area contributed by atoms with Gasteiger partial charge in [0.1, 0.15) is 0 Å². The number of methoxy groups -OCH3 is 1. The lowest BCUT2D eigenvalue weighted by Crippen LogP contribution is -2.39. The predicted molar refractivity (Wildman–Crippen MR) is 69.7 cm³/mol. The van der Waals surface area contributed by atoms with E-state index in [2.05, 4.69) is 13.8 Å². The molecule has 0 unspecified atom stereocenters. The number of hydrogen-bond donors (Lipinski definition) is 1. The van der Waals surface area contributed by atoms with Gasteiger partial charge in [-0.15, -0.1) is 0 Å². The van der Waals surface area contributed by atoms with Crippen LogP contribution in [-0.4, -0.2) is 47.7 Å². The summed E-state index contributed by atoms with van der Waals surface area (Å²) in [6, 6.07) is -0.211. The van der Waals surface area contributed by atoms with Gasteiger partial charge in [0.2, 0.25) is 5.91 Å². The number of amides is 1. The molecule has 1 saturated carbocycles. The van der Waals surface area contributed by atoms with Crippen molar-refractivity contribution in [3.05, 3.63) is 0 Å². The van der Waals surface area contributed by atoms with Crippen LogP contribution >= 0.6 is 0 Å². The number of likely N-dealkylation sites (tertiary alicyclic amines) is 1. The highest BCUT2D eigenvalue weighted by molar-refractivity contribution is 5.84. The van der Waals surface area contributed by atoms with E-state index < -0.39 is 5.97 Å². The molecule has 4 atom stereocenters. The molecule has 0 aromatic rings. The topological polar surface area (TPSA) is 66.8 Å². The van der Waals surface area contributed by atoms with Gasteiger partial charge in [-0.05, 0) is 24.7 Å². The van der Waals surface area contributed by atoms with E-state index in [0.29, 0.717) is 13.0 Å². The lowest BCUT2D eigenvalue weighted by atomic mass is 10.0. The van der Waals surface area contributed by atoms with E-state index in [1.165, 1.54) is 0 Å². The van der Waals surface area contributed by atoms with Gasteiger partial charge >= 0.3 is 5.97 Å². The SMILES string of the molecule is CC[C@]1(C)C[C@@H]1C(=O)N1C[C@H](OC)C[C@@H]1CC(=O)O. The second-order valence-electron chi connectivity index (χ2n) is 6.10. The first kappa shape index (κ1) is 14.3. The van der Waals surface area contributed by atoms with Crippen molar-refractivity contribution in [1.29, 1.82) is 0 Å². The molecular formula is C14H23NO4. The third-order valence-electron chi connectivity index (χ3n) is 4.86. The van der Waals surface area contributed by atoms with Crippen LogP contribution in [0.1, 0.15) is 39.5 Å². The fraction of sp³-hybridized carbons (Fsp3) is 0.857. The summed E-state index contributed by atoms with van der Waals surface area (Å²) >= 11 is 0. The first-order chi connectivity index (χ1) is 8.91. The molecule has 2 aliphatic rings. The maximum atomic E-state index is 12.5. The summed E-state index contributed by atoms with van der Waals surface area (Å²) in [5.41, 5.74) is 0.121. The molecule has 1 aliphatic heterocycles. The van der Waals surface area contributed by atoms with E-state index in [1.54, 1.807) is 12.0 Å². The van der Waals surface area contributed by atoms with Crippen molar-refractivity contribution >= 4 is 11.9 Å². The highest BCUT2D eigenvalue weighted by Crippen LogP contribution is 2.55. The summed E-state index contributed by atoms with van der Waals surface area (Å²) in [5, 5.41) is 8.96. The number of carbonyl (C=O) groups excluding carboxylic acids is 1. The van der Waals surface area contributed by atoms with Crippen LogP contribution in [0, 0.1) is 11.3 Å². The highest BCUT2D eigenvalue weighted by Gasteiger charge is 2.55. The fourth-order valence-electron chi connectivity index (χ4n) is 3.09. The van der Waals surface area contributed by atoms with Crippen LogP contribution in [0.5, 0.6) is 0 Å². The van der Waals surface area contributed by atoms with Crippen LogP contribution in [-0.2, 0) is 14.3 Å². The summed E-state index contributed by atoms with van der Waals surface area (Å²) in [5.74, 6) is -0.659. The van der Waals surface area contributed by atoms with Gasteiger partial charge in [-0.3, -0.25) is 9.59 Å². The minimum Gasteiger partial charge on any atom is -0.481 e. The van der Waals surface area contributed by atoms with Crippen molar-refractivity contribution in [3.8, 4) is 0 Å². The Balaban J connectivity index is 2.04. The molecule has 108 valence electrons. The minimum atomic E-state index is -0.853. The Hall–Kier alpha value is -1.10. The lowest BCUT2D eigenvalue weighted by Gasteiger charge is -2.24. The van der Waals surface area contributed by atoms with E-state index in [4.69, 9.17) is 9.84 Å². The minimum absolute atomic E-state index is 0.0150. The van der Waals surface area contributed by atoms with Crippen LogP contribution < -0.4 is 0 Å². The molecule has 5 heteroatoms. The second-order valence-corrected chi connectivity index (χ2v) is 6.10. The molecule has 0 aromatic carbocycles. The van der Waals surface area contributed by atoms with E-state index in [-0.39, 0.29) is 35.8 Å². The van der Waals surface area contributed by atoms with Crippen LogP contribution in [0.2, 0.25) is 0 Å². The van der Waals surface area contributed by atoms with Crippen molar-refractivity contribution in [2.24, 2.45) is 11.3 Å². The molecule has 1 saturated heterocycles. The molecule has 1 N–H and O–H groups in total. The Morgan fingerprint density at radius 3 is 2.63 bits per heavy atom. The number of aliphatic carboxylic acids is 1. The fourth-order valence-corrected chi connectivity index (χ4v) is 3.09. The maximum Gasteiger partial charge on any atom is 0.305 e. The van der Waals surface area contributed by atoms with Crippen molar-refractivity contribution in [1.82, 2.24) is 4.90 Å². The van der Waals surface area contributed by atoms with Crippen molar-refractivity contribution in [3.63, 3.8) is 0 Å². The third-order valence-corrected chi connectivity index (χ3v) is 4.86. The van der Waals surface area contributed by atoms with Crippen LogP contribution in [0.15, 0.2) is 0 Å². The summed E-state index contributed by atoms with van der Waals surface area (Å²) in [7, 11) is 1.61. The van der Waals surface area contributed by atoms with Gasteiger partial charge in [-0.25, -0.2) is 0 Å². The number of carbonyl (C=O) groups is 2. The van der Waals surface area contributed by atoms with E-state index in [1.807, 2.05) is 0 Å². The molecule has 2 rings (SSSR count). The summed E-state index contributed by atoms with van der Waals surface area (Å²) in [6.07, 6.45) is 2.54. The number of hydrogen-bond acceptors (Lipinski definition) is 3. The molecule has 2 fully saturated rings. The summed E-state index contributed by atoms with van der Waals surface area (Å²) in [6.45, 7) is 4.76. The lowest BCUT2D eigenvalue weighted by molar-refractivity contribution is -0.140. The van der Waals surface area contributed by atoms with Gasteiger partial charge in [0.05, 0.1) is 12.5 Å². The molecule has 0 spiro atoms. The van der Waals surface area contributed by atoms with Gasteiger partial charge < -0.3 is 14.7 Å². The number of rotatable bonds is 5. The molecule has 0 aromatic heterocycles. The monoisotopic (exact) mass is 269 g/mol. The zero-order valence-corrected chi connectivity index (χ0v) is 11.9. The van der Waals surface area contributed by atoms with Crippen LogP contribution in [0.25, 0.3) is 0 Å². The first-order valence-corrected chi connectivity index (χ1v) is 6.96.